The van der Waals surface area contributed by atoms with Crippen LogP contribution in [0.25, 0.3) is 22.2 Å². The number of pyridine rings is 1. The highest BCUT2D eigenvalue weighted by Gasteiger charge is 2.10. The first kappa shape index (κ1) is 11.0. The molecule has 0 bridgehead atoms. The predicted molar refractivity (Wildman–Crippen MR) is 73.4 cm³/mol. The molecule has 0 saturated heterocycles. The summed E-state index contributed by atoms with van der Waals surface area (Å²) in [5.41, 5.74) is 4.27. The molecule has 0 radical (unpaired) electrons. The Hall–Kier alpha value is -2.16. The molecule has 2 aromatic heterocycles. The van der Waals surface area contributed by atoms with Crippen molar-refractivity contribution in [3.8, 4) is 11.1 Å². The Morgan fingerprint density at radius 1 is 1.06 bits per heavy atom. The number of nitrogens with one attached hydrogen (secondary N) is 1. The number of fused-ring (bicyclic) bond motifs is 1. The predicted octanol–water partition coefficient (Wildman–Crippen LogP) is 3.75. The molecular formula is C15H15N3. The van der Waals surface area contributed by atoms with Crippen molar-refractivity contribution in [2.75, 3.05) is 0 Å². The van der Waals surface area contributed by atoms with E-state index in [9.17, 15) is 0 Å². The van der Waals surface area contributed by atoms with Crippen LogP contribution in [0.5, 0.6) is 0 Å². The molecule has 90 valence electrons. The largest absolute Gasteiger partial charge is 0.341 e. The number of rotatable bonds is 2. The Labute approximate surface area is 106 Å². The standard InChI is InChI=1S/C15H15N3/c1-10(2)15-17-13-9-16-8-12(14(13)18-15)11-6-4-3-5-7-11/h3-10H,1-2H3,(H,17,18). The highest BCUT2D eigenvalue weighted by Crippen LogP contribution is 2.27. The summed E-state index contributed by atoms with van der Waals surface area (Å²) in [6, 6.07) is 10.3. The number of hydrogen-bond donors (Lipinski definition) is 1. The quantitative estimate of drug-likeness (QED) is 0.737. The average molecular weight is 237 g/mol. The lowest BCUT2D eigenvalue weighted by atomic mass is 10.1. The first-order chi connectivity index (χ1) is 8.75. The normalized spacial score (nSPS) is 11.3. The zero-order valence-electron chi connectivity index (χ0n) is 10.5. The number of H-pyrrole nitrogens is 1. The maximum atomic E-state index is 4.58. The van der Waals surface area contributed by atoms with Gasteiger partial charge in [0.25, 0.3) is 0 Å². The lowest BCUT2D eigenvalue weighted by Crippen LogP contribution is -1.88. The zero-order chi connectivity index (χ0) is 12.5. The lowest BCUT2D eigenvalue weighted by Gasteiger charge is -2.01. The summed E-state index contributed by atoms with van der Waals surface area (Å²) >= 11 is 0. The van der Waals surface area contributed by atoms with Crippen LogP contribution in [-0.4, -0.2) is 15.0 Å². The maximum absolute atomic E-state index is 4.58. The van der Waals surface area contributed by atoms with Crippen molar-refractivity contribution in [3.05, 3.63) is 48.5 Å². The molecule has 0 spiro atoms. The van der Waals surface area contributed by atoms with Crippen LogP contribution in [0.3, 0.4) is 0 Å². The average Bonchev–Trinajstić information content (AvgIpc) is 2.83. The van der Waals surface area contributed by atoms with E-state index < -0.39 is 0 Å². The third-order valence-corrected chi connectivity index (χ3v) is 3.05. The Kier molecular flexibility index (Phi) is 2.59. The van der Waals surface area contributed by atoms with Crippen LogP contribution < -0.4 is 0 Å². The van der Waals surface area contributed by atoms with Crippen molar-refractivity contribution in [1.82, 2.24) is 15.0 Å². The first-order valence-corrected chi connectivity index (χ1v) is 6.15. The molecule has 1 aromatic carbocycles. The third-order valence-electron chi connectivity index (χ3n) is 3.05. The topological polar surface area (TPSA) is 41.6 Å². The fraction of sp³-hybridized carbons (Fsp3) is 0.200. The van der Waals surface area contributed by atoms with Gasteiger partial charge in [-0.25, -0.2) is 4.98 Å². The van der Waals surface area contributed by atoms with Crippen LogP contribution in [0.4, 0.5) is 0 Å². The number of benzene rings is 1. The Morgan fingerprint density at radius 2 is 1.83 bits per heavy atom. The van der Waals surface area contributed by atoms with E-state index in [0.29, 0.717) is 5.92 Å². The summed E-state index contributed by atoms with van der Waals surface area (Å²) in [6.45, 7) is 4.26. The molecule has 3 rings (SSSR count). The number of aromatic nitrogens is 3. The smallest absolute Gasteiger partial charge is 0.109 e. The molecule has 3 heteroatoms. The van der Waals surface area contributed by atoms with Gasteiger partial charge in [0.15, 0.2) is 0 Å². The number of hydrogen-bond acceptors (Lipinski definition) is 2. The number of imidazole rings is 1. The fourth-order valence-corrected chi connectivity index (χ4v) is 2.06. The minimum Gasteiger partial charge on any atom is -0.341 e. The molecule has 18 heavy (non-hydrogen) atoms. The highest BCUT2D eigenvalue weighted by atomic mass is 14.9. The van der Waals surface area contributed by atoms with Gasteiger partial charge in [-0.3, -0.25) is 4.98 Å². The summed E-state index contributed by atoms with van der Waals surface area (Å²) < 4.78 is 0. The van der Waals surface area contributed by atoms with Crippen LogP contribution in [0.15, 0.2) is 42.7 Å². The van der Waals surface area contributed by atoms with Crippen molar-refractivity contribution in [3.63, 3.8) is 0 Å². The second kappa shape index (κ2) is 4.26. The molecule has 3 aromatic rings. The second-order valence-corrected chi connectivity index (χ2v) is 4.72. The van der Waals surface area contributed by atoms with Crippen molar-refractivity contribution in [2.24, 2.45) is 0 Å². The van der Waals surface area contributed by atoms with Crippen LogP contribution >= 0.6 is 0 Å². The van der Waals surface area contributed by atoms with E-state index in [1.165, 1.54) is 0 Å². The van der Waals surface area contributed by atoms with Crippen molar-refractivity contribution >= 4 is 11.0 Å². The van der Waals surface area contributed by atoms with Crippen molar-refractivity contribution < 1.29 is 0 Å². The van der Waals surface area contributed by atoms with E-state index in [4.69, 9.17) is 0 Å². The molecule has 1 N–H and O–H groups in total. The van der Waals surface area contributed by atoms with E-state index in [0.717, 1.165) is 28.0 Å². The second-order valence-electron chi connectivity index (χ2n) is 4.72. The summed E-state index contributed by atoms with van der Waals surface area (Å²) in [5, 5.41) is 0. The van der Waals surface area contributed by atoms with Gasteiger partial charge < -0.3 is 4.98 Å². The molecule has 0 atom stereocenters. The number of aromatic amines is 1. The minimum absolute atomic E-state index is 0.390. The van der Waals surface area contributed by atoms with Crippen LogP contribution in [0.2, 0.25) is 0 Å². The Balaban J connectivity index is 2.24. The summed E-state index contributed by atoms with van der Waals surface area (Å²) in [6.07, 6.45) is 3.70. The molecule has 0 aliphatic carbocycles. The van der Waals surface area contributed by atoms with E-state index in [1.807, 2.05) is 30.6 Å². The monoisotopic (exact) mass is 237 g/mol. The molecular weight excluding hydrogens is 222 g/mol. The maximum Gasteiger partial charge on any atom is 0.109 e. The third kappa shape index (κ3) is 1.78. The molecule has 0 aliphatic heterocycles. The molecule has 2 heterocycles. The van der Waals surface area contributed by atoms with Gasteiger partial charge in [0.05, 0.1) is 11.7 Å². The SMILES string of the molecule is CC(C)c1nc2cncc(-c3ccccc3)c2[nH]1. The van der Waals surface area contributed by atoms with Gasteiger partial charge in [0.1, 0.15) is 11.3 Å². The van der Waals surface area contributed by atoms with E-state index in [1.54, 1.807) is 0 Å². The van der Waals surface area contributed by atoms with E-state index in [-0.39, 0.29) is 0 Å². The Morgan fingerprint density at radius 3 is 2.56 bits per heavy atom. The van der Waals surface area contributed by atoms with E-state index >= 15 is 0 Å². The summed E-state index contributed by atoms with van der Waals surface area (Å²) in [4.78, 5) is 12.3. The van der Waals surface area contributed by atoms with Gasteiger partial charge >= 0.3 is 0 Å². The van der Waals surface area contributed by atoms with Crippen LogP contribution in [0.1, 0.15) is 25.6 Å². The van der Waals surface area contributed by atoms with Gasteiger partial charge in [0.2, 0.25) is 0 Å². The van der Waals surface area contributed by atoms with Gasteiger partial charge in [-0.2, -0.15) is 0 Å². The highest BCUT2D eigenvalue weighted by molar-refractivity contribution is 5.90. The van der Waals surface area contributed by atoms with Crippen LogP contribution in [0, 0.1) is 0 Å². The van der Waals surface area contributed by atoms with Gasteiger partial charge in [-0.1, -0.05) is 44.2 Å². The summed E-state index contributed by atoms with van der Waals surface area (Å²) in [7, 11) is 0. The Bertz CT molecular complexity index is 669. The van der Waals surface area contributed by atoms with Gasteiger partial charge in [-0.15, -0.1) is 0 Å². The minimum atomic E-state index is 0.390. The molecule has 0 aliphatic rings. The van der Waals surface area contributed by atoms with Crippen LogP contribution in [-0.2, 0) is 0 Å². The van der Waals surface area contributed by atoms with Crippen molar-refractivity contribution in [1.29, 1.82) is 0 Å². The first-order valence-electron chi connectivity index (χ1n) is 6.15. The lowest BCUT2D eigenvalue weighted by molar-refractivity contribution is 0.799. The summed E-state index contributed by atoms with van der Waals surface area (Å²) in [5.74, 6) is 1.40. The molecule has 0 unspecified atom stereocenters. The molecule has 0 saturated carbocycles. The van der Waals surface area contributed by atoms with Gasteiger partial charge in [-0.05, 0) is 5.56 Å². The van der Waals surface area contributed by atoms with E-state index in [2.05, 4.69) is 40.9 Å². The van der Waals surface area contributed by atoms with Crippen molar-refractivity contribution in [2.45, 2.75) is 19.8 Å². The molecule has 3 nitrogen and oxygen atoms in total. The van der Waals surface area contributed by atoms with Gasteiger partial charge in [0, 0.05) is 17.7 Å². The molecule has 0 fully saturated rings. The fourth-order valence-electron chi connectivity index (χ4n) is 2.06. The zero-order valence-corrected chi connectivity index (χ0v) is 10.5. The molecule has 0 amide bonds. The number of nitrogens with zero attached hydrogens (tertiary/aromatic N) is 2.